The van der Waals surface area contributed by atoms with Crippen LogP contribution in [0.5, 0.6) is 0 Å². The molecule has 0 fully saturated rings. The average molecular weight is 413 g/mol. The molecule has 1 nitrogen and oxygen atoms in total. The zero-order chi connectivity index (χ0) is 11.9. The molecule has 0 atom stereocenters. The van der Waals surface area contributed by atoms with E-state index in [0.29, 0.717) is 0 Å². The Kier molecular flexibility index (Phi) is 3.52. The maximum Gasteiger partial charge on any atom is 0.0332 e. The molecule has 1 heterocycles. The molecule has 0 amide bonds. The standard InChI is InChI=1S/C16H14N.Ir/c1-16(2)11-13(12-7-4-3-5-8-12)15-14(16)9-6-10-17-15;/h3-7,9-11H,1-2H3;/q-1;. The van der Waals surface area contributed by atoms with E-state index in [1.807, 2.05) is 30.5 Å². The van der Waals surface area contributed by atoms with Gasteiger partial charge in [-0.1, -0.05) is 25.5 Å². The van der Waals surface area contributed by atoms with Crippen LogP contribution in [0.4, 0.5) is 0 Å². The summed E-state index contributed by atoms with van der Waals surface area (Å²) in [5.41, 5.74) is 4.78. The summed E-state index contributed by atoms with van der Waals surface area (Å²) in [6.07, 6.45) is 4.15. The SMILES string of the molecule is CC1(C)C=C(c2[c-]cccc2)c2ncccc21.[Ir]. The van der Waals surface area contributed by atoms with Crippen LogP contribution in [-0.2, 0) is 25.5 Å². The minimum atomic E-state index is 0. The van der Waals surface area contributed by atoms with Gasteiger partial charge in [0.25, 0.3) is 0 Å². The number of allylic oxidation sites excluding steroid dienone is 1. The summed E-state index contributed by atoms with van der Waals surface area (Å²) >= 11 is 0. The van der Waals surface area contributed by atoms with Gasteiger partial charge in [-0.3, -0.25) is 4.98 Å². The van der Waals surface area contributed by atoms with Crippen LogP contribution in [0.25, 0.3) is 5.57 Å². The molecule has 18 heavy (non-hydrogen) atoms. The topological polar surface area (TPSA) is 12.9 Å². The Labute approximate surface area is 121 Å². The molecule has 1 radical (unpaired) electrons. The first-order valence-corrected chi connectivity index (χ1v) is 5.84. The van der Waals surface area contributed by atoms with E-state index in [1.54, 1.807) is 0 Å². The van der Waals surface area contributed by atoms with Crippen LogP contribution >= 0.6 is 0 Å². The van der Waals surface area contributed by atoms with Gasteiger partial charge in [-0.05, 0) is 11.6 Å². The third-order valence-corrected chi connectivity index (χ3v) is 3.26. The molecular weight excluding hydrogens is 398 g/mol. The Morgan fingerprint density at radius 1 is 1.11 bits per heavy atom. The maximum absolute atomic E-state index is 4.52. The summed E-state index contributed by atoms with van der Waals surface area (Å²) in [5, 5.41) is 0. The summed E-state index contributed by atoms with van der Waals surface area (Å²) in [7, 11) is 0. The zero-order valence-electron chi connectivity index (χ0n) is 10.4. The van der Waals surface area contributed by atoms with Crippen LogP contribution in [0.15, 0.2) is 48.7 Å². The van der Waals surface area contributed by atoms with Crippen LogP contribution in [0.2, 0.25) is 0 Å². The monoisotopic (exact) mass is 413 g/mol. The van der Waals surface area contributed by atoms with Gasteiger partial charge in [-0.25, -0.2) is 0 Å². The minimum Gasteiger partial charge on any atom is -0.266 e. The number of rotatable bonds is 1. The molecule has 2 aromatic rings. The summed E-state index contributed by atoms with van der Waals surface area (Å²) < 4.78 is 0. The molecule has 0 N–H and O–H groups in total. The molecule has 0 unspecified atom stereocenters. The predicted octanol–water partition coefficient (Wildman–Crippen LogP) is 3.60. The average Bonchev–Trinajstić information content (AvgIpc) is 2.64. The van der Waals surface area contributed by atoms with Crippen molar-refractivity contribution in [3.63, 3.8) is 0 Å². The first kappa shape index (κ1) is 13.2. The van der Waals surface area contributed by atoms with E-state index in [0.717, 1.165) is 11.3 Å². The molecule has 1 aliphatic carbocycles. The van der Waals surface area contributed by atoms with Crippen LogP contribution in [0.3, 0.4) is 0 Å². The number of aromatic nitrogens is 1. The van der Waals surface area contributed by atoms with E-state index in [2.05, 4.69) is 43.1 Å². The van der Waals surface area contributed by atoms with E-state index in [4.69, 9.17) is 0 Å². The van der Waals surface area contributed by atoms with Crippen molar-refractivity contribution in [3.8, 4) is 0 Å². The Bertz CT molecular complexity index is 585. The molecule has 0 spiro atoms. The van der Waals surface area contributed by atoms with E-state index < -0.39 is 0 Å². The van der Waals surface area contributed by atoms with Crippen molar-refractivity contribution < 1.29 is 20.1 Å². The molecule has 0 aliphatic heterocycles. The van der Waals surface area contributed by atoms with Crippen molar-refractivity contribution >= 4 is 5.57 Å². The van der Waals surface area contributed by atoms with E-state index in [-0.39, 0.29) is 25.5 Å². The third kappa shape index (κ3) is 2.07. The van der Waals surface area contributed by atoms with Crippen molar-refractivity contribution in [1.82, 2.24) is 4.98 Å². The summed E-state index contributed by atoms with van der Waals surface area (Å²) in [6.45, 7) is 4.45. The van der Waals surface area contributed by atoms with Gasteiger partial charge in [-0.15, -0.1) is 42.0 Å². The minimum absolute atomic E-state index is 0. The van der Waals surface area contributed by atoms with Gasteiger partial charge in [0, 0.05) is 37.4 Å². The van der Waals surface area contributed by atoms with Gasteiger partial charge in [0.1, 0.15) is 0 Å². The number of hydrogen-bond acceptors (Lipinski definition) is 1. The quantitative estimate of drug-likeness (QED) is 0.653. The second-order valence-electron chi connectivity index (χ2n) is 4.96. The number of nitrogens with zero attached hydrogens (tertiary/aromatic N) is 1. The van der Waals surface area contributed by atoms with Crippen LogP contribution < -0.4 is 0 Å². The van der Waals surface area contributed by atoms with Crippen molar-refractivity contribution in [2.24, 2.45) is 0 Å². The maximum atomic E-state index is 4.52. The number of benzene rings is 1. The van der Waals surface area contributed by atoms with Gasteiger partial charge in [0.2, 0.25) is 0 Å². The molecule has 3 rings (SSSR count). The fraction of sp³-hybridized carbons (Fsp3) is 0.188. The third-order valence-electron chi connectivity index (χ3n) is 3.26. The van der Waals surface area contributed by atoms with Gasteiger partial charge in [-0.2, -0.15) is 0 Å². The molecular formula is C16H14IrN-. The van der Waals surface area contributed by atoms with Crippen molar-refractivity contribution in [1.29, 1.82) is 0 Å². The van der Waals surface area contributed by atoms with E-state index in [9.17, 15) is 0 Å². The largest absolute Gasteiger partial charge is 0.266 e. The van der Waals surface area contributed by atoms with E-state index in [1.165, 1.54) is 11.1 Å². The van der Waals surface area contributed by atoms with Gasteiger partial charge < -0.3 is 0 Å². The van der Waals surface area contributed by atoms with Crippen molar-refractivity contribution in [2.45, 2.75) is 19.3 Å². The molecule has 0 saturated carbocycles. The molecule has 2 heteroatoms. The van der Waals surface area contributed by atoms with Crippen LogP contribution in [-0.4, -0.2) is 4.98 Å². The van der Waals surface area contributed by atoms with Crippen molar-refractivity contribution in [3.05, 3.63) is 71.6 Å². The number of fused-ring (bicyclic) bond motifs is 1. The number of pyridine rings is 1. The first-order chi connectivity index (χ1) is 8.18. The van der Waals surface area contributed by atoms with Crippen molar-refractivity contribution in [2.75, 3.05) is 0 Å². The Morgan fingerprint density at radius 3 is 2.67 bits per heavy atom. The fourth-order valence-corrected chi connectivity index (χ4v) is 2.41. The molecule has 1 aliphatic rings. The van der Waals surface area contributed by atoms with Gasteiger partial charge >= 0.3 is 0 Å². The molecule has 1 aromatic heterocycles. The summed E-state index contributed by atoms with van der Waals surface area (Å²) in [5.74, 6) is 0. The Hall–Kier alpha value is -1.24. The fourth-order valence-electron chi connectivity index (χ4n) is 2.41. The zero-order valence-corrected chi connectivity index (χ0v) is 12.8. The molecule has 0 saturated heterocycles. The normalized spacial score (nSPS) is 15.6. The molecule has 1 aromatic carbocycles. The molecule has 0 bridgehead atoms. The van der Waals surface area contributed by atoms with Crippen LogP contribution in [0, 0.1) is 6.07 Å². The summed E-state index contributed by atoms with van der Waals surface area (Å²) in [4.78, 5) is 4.52. The van der Waals surface area contributed by atoms with Gasteiger partial charge in [0.15, 0.2) is 0 Å². The second-order valence-corrected chi connectivity index (χ2v) is 4.96. The van der Waals surface area contributed by atoms with Gasteiger partial charge in [0.05, 0.1) is 0 Å². The second kappa shape index (κ2) is 4.79. The Balaban J connectivity index is 0.00000120. The number of hydrogen-bond donors (Lipinski definition) is 0. The van der Waals surface area contributed by atoms with E-state index >= 15 is 0 Å². The molecule has 93 valence electrons. The predicted molar refractivity (Wildman–Crippen MR) is 69.6 cm³/mol. The Morgan fingerprint density at radius 2 is 1.94 bits per heavy atom. The summed E-state index contributed by atoms with van der Waals surface area (Å²) in [6, 6.07) is 15.5. The first-order valence-electron chi connectivity index (χ1n) is 5.84. The smallest absolute Gasteiger partial charge is 0.0332 e. The van der Waals surface area contributed by atoms with Crippen LogP contribution in [0.1, 0.15) is 30.7 Å².